The number of hydrogen-bond acceptors (Lipinski definition) is 5. The number of ether oxygens (including phenoxy) is 2. The fourth-order valence-electron chi connectivity index (χ4n) is 3.55. The van der Waals surface area contributed by atoms with E-state index < -0.39 is 23.2 Å². The Kier molecular flexibility index (Phi) is 5.46. The number of fused-ring (bicyclic) bond motifs is 1. The summed E-state index contributed by atoms with van der Waals surface area (Å²) in [4.78, 5) is 37.7. The zero-order chi connectivity index (χ0) is 21.2. The highest BCUT2D eigenvalue weighted by Gasteiger charge is 2.47. The molecule has 0 radical (unpaired) electrons. The third-order valence-corrected chi connectivity index (χ3v) is 4.81. The lowest BCUT2D eigenvalue weighted by Gasteiger charge is -2.29. The molecule has 2 aromatic rings. The van der Waals surface area contributed by atoms with Gasteiger partial charge in [0, 0.05) is 24.0 Å². The minimum Gasteiger partial charge on any atom is -0.467 e. The predicted molar refractivity (Wildman–Crippen MR) is 108 cm³/mol. The number of ketones is 1. The first-order valence-electron chi connectivity index (χ1n) is 9.45. The van der Waals surface area contributed by atoms with E-state index in [9.17, 15) is 14.4 Å². The Morgan fingerprint density at radius 3 is 2.21 bits per heavy atom. The van der Waals surface area contributed by atoms with Crippen LogP contribution in [0.4, 0.5) is 4.79 Å². The molecule has 1 aliphatic carbocycles. The Hall–Kier alpha value is -3.15. The molecular formula is C23H25NO5. The molecule has 1 amide bonds. The van der Waals surface area contributed by atoms with Crippen molar-refractivity contribution in [3.63, 3.8) is 0 Å². The van der Waals surface area contributed by atoms with Crippen molar-refractivity contribution in [2.75, 3.05) is 7.11 Å². The van der Waals surface area contributed by atoms with Crippen LogP contribution in [0.1, 0.15) is 47.8 Å². The average molecular weight is 395 g/mol. The number of esters is 1. The molecular weight excluding hydrogens is 370 g/mol. The standard InChI is InChI=1S/C23H25NO5/c1-22(2,3)29-21(27)24-23(20(26)28-4)13-17-11-10-16(12-18(17)14-23)19(25)15-8-6-5-7-9-15/h5-12H,13-14H2,1-4H3,(H,24,27)/t23-/m0/s1. The van der Waals surface area contributed by atoms with E-state index in [1.165, 1.54) is 7.11 Å². The summed E-state index contributed by atoms with van der Waals surface area (Å²) in [6, 6.07) is 14.4. The van der Waals surface area contributed by atoms with E-state index >= 15 is 0 Å². The number of hydrogen-bond donors (Lipinski definition) is 1. The summed E-state index contributed by atoms with van der Waals surface area (Å²) in [6.07, 6.45) is -0.186. The second-order valence-electron chi connectivity index (χ2n) is 8.23. The summed E-state index contributed by atoms with van der Waals surface area (Å²) < 4.78 is 10.3. The van der Waals surface area contributed by atoms with E-state index in [-0.39, 0.29) is 18.6 Å². The summed E-state index contributed by atoms with van der Waals surface area (Å²) in [5.74, 6) is -0.639. The van der Waals surface area contributed by atoms with Gasteiger partial charge in [0.25, 0.3) is 0 Å². The molecule has 0 heterocycles. The zero-order valence-electron chi connectivity index (χ0n) is 17.1. The second-order valence-corrected chi connectivity index (χ2v) is 8.23. The van der Waals surface area contributed by atoms with Crippen molar-refractivity contribution in [1.29, 1.82) is 0 Å². The summed E-state index contributed by atoms with van der Waals surface area (Å²) >= 11 is 0. The molecule has 0 spiro atoms. The number of rotatable bonds is 4. The van der Waals surface area contributed by atoms with Gasteiger partial charge < -0.3 is 14.8 Å². The molecule has 1 aliphatic rings. The Morgan fingerprint density at radius 2 is 1.59 bits per heavy atom. The van der Waals surface area contributed by atoms with Crippen molar-refractivity contribution in [3.05, 3.63) is 70.8 Å². The van der Waals surface area contributed by atoms with Gasteiger partial charge in [0.2, 0.25) is 0 Å². The normalized spacial score (nSPS) is 17.9. The Balaban J connectivity index is 1.87. The van der Waals surface area contributed by atoms with Gasteiger partial charge >= 0.3 is 12.1 Å². The molecule has 29 heavy (non-hydrogen) atoms. The molecule has 1 atom stereocenters. The maximum Gasteiger partial charge on any atom is 0.408 e. The van der Waals surface area contributed by atoms with Crippen LogP contribution in [-0.2, 0) is 27.1 Å². The lowest BCUT2D eigenvalue weighted by molar-refractivity contribution is -0.148. The van der Waals surface area contributed by atoms with Crippen LogP contribution >= 0.6 is 0 Å². The van der Waals surface area contributed by atoms with Gasteiger partial charge in [0.05, 0.1) is 7.11 Å². The van der Waals surface area contributed by atoms with Crippen molar-refractivity contribution in [2.24, 2.45) is 0 Å². The van der Waals surface area contributed by atoms with Crippen LogP contribution in [0.25, 0.3) is 0 Å². The minimum absolute atomic E-state index is 0.0935. The van der Waals surface area contributed by atoms with Crippen LogP contribution in [0.2, 0.25) is 0 Å². The van der Waals surface area contributed by atoms with E-state index in [1.807, 2.05) is 24.3 Å². The number of amides is 1. The Morgan fingerprint density at radius 1 is 0.931 bits per heavy atom. The number of nitrogens with one attached hydrogen (secondary N) is 1. The molecule has 6 nitrogen and oxygen atoms in total. The SMILES string of the molecule is COC(=O)[C@]1(NC(=O)OC(C)(C)C)Cc2ccc(C(=O)c3ccccc3)cc2C1. The van der Waals surface area contributed by atoms with Gasteiger partial charge in [-0.15, -0.1) is 0 Å². The van der Waals surface area contributed by atoms with Gasteiger partial charge in [0.15, 0.2) is 5.78 Å². The molecule has 152 valence electrons. The first-order chi connectivity index (χ1) is 13.6. The predicted octanol–water partition coefficient (Wildman–Crippen LogP) is 3.45. The van der Waals surface area contributed by atoms with Crippen LogP contribution in [0.15, 0.2) is 48.5 Å². The van der Waals surface area contributed by atoms with Crippen LogP contribution in [-0.4, -0.2) is 36.1 Å². The molecule has 0 fully saturated rings. The molecule has 1 N–H and O–H groups in total. The number of methoxy groups -OCH3 is 1. The number of carbonyl (C=O) groups is 3. The molecule has 0 aromatic heterocycles. The summed E-state index contributed by atoms with van der Waals surface area (Å²) in [7, 11) is 1.29. The number of alkyl carbamates (subject to hydrolysis) is 1. The highest BCUT2D eigenvalue weighted by molar-refractivity contribution is 6.09. The molecule has 3 rings (SSSR count). The minimum atomic E-state index is -1.26. The molecule has 0 unspecified atom stereocenters. The van der Waals surface area contributed by atoms with Crippen molar-refractivity contribution < 1.29 is 23.9 Å². The maximum absolute atomic E-state index is 12.8. The zero-order valence-corrected chi connectivity index (χ0v) is 17.1. The monoisotopic (exact) mass is 395 g/mol. The molecule has 0 aliphatic heterocycles. The summed E-state index contributed by atoms with van der Waals surface area (Å²) in [5.41, 5.74) is 0.893. The summed E-state index contributed by atoms with van der Waals surface area (Å²) in [6.45, 7) is 5.26. The second kappa shape index (κ2) is 7.70. The van der Waals surface area contributed by atoms with E-state index in [0.717, 1.165) is 11.1 Å². The highest BCUT2D eigenvalue weighted by Crippen LogP contribution is 2.33. The quantitative estimate of drug-likeness (QED) is 0.633. The lowest BCUT2D eigenvalue weighted by atomic mass is 9.96. The van der Waals surface area contributed by atoms with Gasteiger partial charge in [-0.1, -0.05) is 42.5 Å². The maximum atomic E-state index is 12.8. The van der Waals surface area contributed by atoms with Crippen LogP contribution in [0, 0.1) is 0 Å². The first-order valence-corrected chi connectivity index (χ1v) is 9.45. The first kappa shape index (κ1) is 20.6. The van der Waals surface area contributed by atoms with E-state index in [0.29, 0.717) is 11.1 Å². The third-order valence-electron chi connectivity index (χ3n) is 4.81. The fourth-order valence-corrected chi connectivity index (χ4v) is 3.55. The molecule has 6 heteroatoms. The average Bonchev–Trinajstić information content (AvgIpc) is 3.04. The van der Waals surface area contributed by atoms with Crippen molar-refractivity contribution in [3.8, 4) is 0 Å². The number of benzene rings is 2. The largest absolute Gasteiger partial charge is 0.467 e. The van der Waals surface area contributed by atoms with Crippen LogP contribution in [0.3, 0.4) is 0 Å². The van der Waals surface area contributed by atoms with Crippen LogP contribution < -0.4 is 5.32 Å². The van der Waals surface area contributed by atoms with Crippen LogP contribution in [0.5, 0.6) is 0 Å². The van der Waals surface area contributed by atoms with E-state index in [2.05, 4.69) is 5.32 Å². The van der Waals surface area contributed by atoms with Gasteiger partial charge in [-0.2, -0.15) is 0 Å². The lowest BCUT2D eigenvalue weighted by Crippen LogP contribution is -2.56. The van der Waals surface area contributed by atoms with Gasteiger partial charge in [-0.25, -0.2) is 9.59 Å². The van der Waals surface area contributed by atoms with Gasteiger partial charge in [-0.3, -0.25) is 4.79 Å². The molecule has 0 saturated heterocycles. The van der Waals surface area contributed by atoms with Crippen molar-refractivity contribution in [2.45, 2.75) is 44.8 Å². The van der Waals surface area contributed by atoms with Gasteiger partial charge in [0.1, 0.15) is 11.1 Å². The summed E-state index contributed by atoms with van der Waals surface area (Å²) in [5, 5.41) is 2.71. The Labute approximate surface area is 170 Å². The molecule has 0 bridgehead atoms. The number of carbonyl (C=O) groups excluding carboxylic acids is 3. The van der Waals surface area contributed by atoms with Gasteiger partial charge in [-0.05, 0) is 38.0 Å². The third kappa shape index (κ3) is 4.47. The Bertz CT molecular complexity index is 945. The topological polar surface area (TPSA) is 81.7 Å². The smallest absolute Gasteiger partial charge is 0.408 e. The molecule has 0 saturated carbocycles. The highest BCUT2D eigenvalue weighted by atomic mass is 16.6. The molecule has 2 aromatic carbocycles. The van der Waals surface area contributed by atoms with Crippen molar-refractivity contribution >= 4 is 17.8 Å². The van der Waals surface area contributed by atoms with E-state index in [1.54, 1.807) is 45.0 Å². The van der Waals surface area contributed by atoms with Crippen molar-refractivity contribution in [1.82, 2.24) is 5.32 Å². The van der Waals surface area contributed by atoms with E-state index in [4.69, 9.17) is 9.47 Å². The fraction of sp³-hybridized carbons (Fsp3) is 0.348.